The van der Waals surface area contributed by atoms with Crippen LogP contribution < -0.4 is 0 Å². The Morgan fingerprint density at radius 2 is 2.11 bits per heavy atom. The number of rotatable bonds is 5. The number of hydrogen-bond donors (Lipinski definition) is 2. The molecular weight excluding hydrogens is 234 g/mol. The molecule has 6 nitrogen and oxygen atoms in total. The smallest absolute Gasteiger partial charge is 0.323 e. The minimum atomic E-state index is -0.984. The highest BCUT2D eigenvalue weighted by Crippen LogP contribution is 2.30. The third-order valence-electron chi connectivity index (χ3n) is 3.13. The maximum atomic E-state index is 12.3. The van der Waals surface area contributed by atoms with Gasteiger partial charge in [0.05, 0.1) is 11.3 Å². The molecule has 18 heavy (non-hydrogen) atoms. The van der Waals surface area contributed by atoms with Gasteiger partial charge >= 0.3 is 5.97 Å². The van der Waals surface area contributed by atoms with Crippen LogP contribution in [-0.4, -0.2) is 45.2 Å². The summed E-state index contributed by atoms with van der Waals surface area (Å²) in [6, 6.07) is 0. The fourth-order valence-corrected chi connectivity index (χ4v) is 2.02. The summed E-state index contributed by atoms with van der Waals surface area (Å²) < 4.78 is 0. The molecule has 0 radical (unpaired) electrons. The first-order valence-corrected chi connectivity index (χ1v) is 6.01. The molecule has 0 atom stereocenters. The normalized spacial score (nSPS) is 14.6. The zero-order chi connectivity index (χ0) is 13.3. The van der Waals surface area contributed by atoms with Crippen LogP contribution in [0.2, 0.25) is 0 Å². The largest absolute Gasteiger partial charge is 0.480 e. The lowest BCUT2D eigenvalue weighted by Gasteiger charge is -2.20. The molecule has 1 aliphatic carbocycles. The van der Waals surface area contributed by atoms with Crippen LogP contribution in [0.5, 0.6) is 0 Å². The zero-order valence-electron chi connectivity index (χ0n) is 10.6. The summed E-state index contributed by atoms with van der Waals surface area (Å²) in [5.41, 5.74) is 1.80. The predicted molar refractivity (Wildman–Crippen MR) is 64.3 cm³/mol. The Hall–Kier alpha value is -1.85. The van der Waals surface area contributed by atoms with Crippen molar-refractivity contribution in [1.82, 2.24) is 15.1 Å². The van der Waals surface area contributed by atoms with E-state index in [2.05, 4.69) is 10.2 Å². The summed E-state index contributed by atoms with van der Waals surface area (Å²) in [5.74, 6) is -0.767. The van der Waals surface area contributed by atoms with Gasteiger partial charge in [-0.15, -0.1) is 0 Å². The molecule has 0 spiro atoms. The lowest BCUT2D eigenvalue weighted by Crippen LogP contribution is -2.37. The minimum Gasteiger partial charge on any atom is -0.480 e. The van der Waals surface area contributed by atoms with Crippen LogP contribution >= 0.6 is 0 Å². The Kier molecular flexibility index (Phi) is 3.36. The van der Waals surface area contributed by atoms with Crippen molar-refractivity contribution in [2.75, 3.05) is 13.1 Å². The molecule has 6 heteroatoms. The zero-order valence-corrected chi connectivity index (χ0v) is 10.6. The molecule has 1 aromatic heterocycles. The average Bonchev–Trinajstić information content (AvgIpc) is 3.03. The number of aliphatic carboxylic acids is 1. The van der Waals surface area contributed by atoms with E-state index in [0.717, 1.165) is 12.8 Å². The van der Waals surface area contributed by atoms with Crippen LogP contribution in [0.3, 0.4) is 0 Å². The number of carboxylic acids is 1. The van der Waals surface area contributed by atoms with Crippen molar-refractivity contribution in [3.63, 3.8) is 0 Å². The molecule has 1 aliphatic rings. The molecule has 0 unspecified atom stereocenters. The molecule has 0 saturated heterocycles. The fourth-order valence-electron chi connectivity index (χ4n) is 2.02. The van der Waals surface area contributed by atoms with E-state index in [0.29, 0.717) is 29.4 Å². The summed E-state index contributed by atoms with van der Waals surface area (Å²) in [7, 11) is 0. The first-order valence-electron chi connectivity index (χ1n) is 6.01. The molecule has 2 N–H and O–H groups in total. The van der Waals surface area contributed by atoms with E-state index in [1.54, 1.807) is 13.8 Å². The monoisotopic (exact) mass is 251 g/mol. The van der Waals surface area contributed by atoms with E-state index in [4.69, 9.17) is 5.11 Å². The number of carboxylic acid groups (broad SMARTS) is 1. The van der Waals surface area contributed by atoms with Crippen LogP contribution in [0.15, 0.2) is 0 Å². The number of aromatic nitrogens is 2. The number of aromatic amines is 1. The number of nitrogens with zero attached hydrogens (tertiary/aromatic N) is 2. The second-order valence-electron chi connectivity index (χ2n) is 4.83. The summed E-state index contributed by atoms with van der Waals surface area (Å²) in [5, 5.41) is 15.6. The highest BCUT2D eigenvalue weighted by atomic mass is 16.4. The number of hydrogen-bond acceptors (Lipinski definition) is 3. The maximum absolute atomic E-state index is 12.3. The van der Waals surface area contributed by atoms with E-state index in [9.17, 15) is 9.59 Å². The van der Waals surface area contributed by atoms with Crippen molar-refractivity contribution < 1.29 is 14.7 Å². The van der Waals surface area contributed by atoms with Gasteiger partial charge in [0.1, 0.15) is 6.54 Å². The Bertz CT molecular complexity index is 457. The maximum Gasteiger partial charge on any atom is 0.323 e. The molecule has 1 fully saturated rings. The third-order valence-corrected chi connectivity index (χ3v) is 3.13. The summed E-state index contributed by atoms with van der Waals surface area (Å²) >= 11 is 0. The van der Waals surface area contributed by atoms with Crippen LogP contribution in [0.1, 0.15) is 34.6 Å². The summed E-state index contributed by atoms with van der Waals surface area (Å²) in [6.07, 6.45) is 2.15. The van der Waals surface area contributed by atoms with Gasteiger partial charge in [-0.05, 0) is 32.6 Å². The van der Waals surface area contributed by atoms with E-state index in [1.807, 2.05) is 0 Å². The summed E-state index contributed by atoms with van der Waals surface area (Å²) in [4.78, 5) is 24.6. The quantitative estimate of drug-likeness (QED) is 0.816. The number of carbonyl (C=O) groups excluding carboxylic acids is 1. The van der Waals surface area contributed by atoms with Crippen molar-refractivity contribution >= 4 is 11.9 Å². The predicted octanol–water partition coefficient (Wildman–Crippen LogP) is 0.963. The number of nitrogens with one attached hydrogen (secondary N) is 1. The van der Waals surface area contributed by atoms with Crippen molar-refractivity contribution in [2.45, 2.75) is 26.7 Å². The molecule has 1 heterocycles. The van der Waals surface area contributed by atoms with Gasteiger partial charge in [0.2, 0.25) is 0 Å². The van der Waals surface area contributed by atoms with Crippen LogP contribution in [0.4, 0.5) is 0 Å². The Morgan fingerprint density at radius 1 is 1.44 bits per heavy atom. The molecule has 1 saturated carbocycles. The standard InChI is InChI=1S/C12H17N3O3/c1-7-11(8(2)14-13-7)12(18)15(6-10(16)17)5-9-3-4-9/h9H,3-6H2,1-2H3,(H,13,14)(H,16,17). The third kappa shape index (κ3) is 2.69. The van der Waals surface area contributed by atoms with Crippen molar-refractivity contribution in [3.05, 3.63) is 17.0 Å². The van der Waals surface area contributed by atoms with Gasteiger partial charge in [-0.3, -0.25) is 14.7 Å². The second kappa shape index (κ2) is 4.80. The minimum absolute atomic E-state index is 0.243. The van der Waals surface area contributed by atoms with Gasteiger partial charge in [0.15, 0.2) is 0 Å². The number of H-pyrrole nitrogens is 1. The molecule has 0 aromatic carbocycles. The molecule has 1 amide bonds. The van der Waals surface area contributed by atoms with Crippen molar-refractivity contribution in [3.8, 4) is 0 Å². The van der Waals surface area contributed by atoms with Gasteiger partial charge in [0, 0.05) is 12.2 Å². The first kappa shape index (κ1) is 12.6. The Morgan fingerprint density at radius 3 is 2.56 bits per heavy atom. The highest BCUT2D eigenvalue weighted by Gasteiger charge is 2.30. The average molecular weight is 251 g/mol. The topological polar surface area (TPSA) is 86.3 Å². The molecule has 0 aliphatic heterocycles. The molecule has 1 aromatic rings. The van der Waals surface area contributed by atoms with Crippen LogP contribution in [0, 0.1) is 19.8 Å². The van der Waals surface area contributed by atoms with E-state index < -0.39 is 5.97 Å². The lowest BCUT2D eigenvalue weighted by atomic mass is 10.1. The van der Waals surface area contributed by atoms with E-state index in [-0.39, 0.29) is 12.5 Å². The van der Waals surface area contributed by atoms with Gasteiger partial charge < -0.3 is 10.0 Å². The Labute approximate surface area is 105 Å². The van der Waals surface area contributed by atoms with Gasteiger partial charge in [-0.25, -0.2) is 0 Å². The number of carbonyl (C=O) groups is 2. The molecule has 2 rings (SSSR count). The lowest BCUT2D eigenvalue weighted by molar-refractivity contribution is -0.137. The number of amides is 1. The fraction of sp³-hybridized carbons (Fsp3) is 0.583. The molecule has 0 bridgehead atoms. The van der Waals surface area contributed by atoms with Crippen LogP contribution in [-0.2, 0) is 4.79 Å². The highest BCUT2D eigenvalue weighted by molar-refractivity contribution is 5.97. The second-order valence-corrected chi connectivity index (χ2v) is 4.83. The van der Waals surface area contributed by atoms with E-state index >= 15 is 0 Å². The van der Waals surface area contributed by atoms with Crippen molar-refractivity contribution in [1.29, 1.82) is 0 Å². The van der Waals surface area contributed by atoms with E-state index in [1.165, 1.54) is 4.90 Å². The van der Waals surface area contributed by atoms with Gasteiger partial charge in [0.25, 0.3) is 5.91 Å². The molecule has 98 valence electrons. The SMILES string of the molecule is Cc1n[nH]c(C)c1C(=O)N(CC(=O)O)CC1CC1. The Balaban J connectivity index is 2.18. The molecular formula is C12H17N3O3. The van der Waals surface area contributed by atoms with Crippen molar-refractivity contribution in [2.24, 2.45) is 5.92 Å². The first-order chi connectivity index (χ1) is 8.49. The van der Waals surface area contributed by atoms with Gasteiger partial charge in [-0.1, -0.05) is 0 Å². The summed E-state index contributed by atoms with van der Waals surface area (Å²) in [6.45, 7) is 3.78. The number of aryl methyl sites for hydroxylation is 2. The van der Waals surface area contributed by atoms with Gasteiger partial charge in [-0.2, -0.15) is 5.10 Å². The van der Waals surface area contributed by atoms with Crippen LogP contribution in [0.25, 0.3) is 0 Å².